The second-order valence-corrected chi connectivity index (χ2v) is 5.98. The normalized spacial score (nSPS) is 20.4. The van der Waals surface area contributed by atoms with Gasteiger partial charge in [0.15, 0.2) is 0 Å². The van der Waals surface area contributed by atoms with Crippen LogP contribution in [-0.4, -0.2) is 24.0 Å². The number of hydrogen-bond acceptors (Lipinski definition) is 2. The molecule has 3 rings (SSSR count). The van der Waals surface area contributed by atoms with Crippen LogP contribution >= 0.6 is 11.8 Å². The Morgan fingerprint density at radius 1 is 1.24 bits per heavy atom. The number of para-hydroxylation sites is 1. The highest BCUT2D eigenvalue weighted by Crippen LogP contribution is 2.32. The van der Waals surface area contributed by atoms with E-state index in [0.717, 1.165) is 43.0 Å². The van der Waals surface area contributed by atoms with E-state index in [1.165, 1.54) is 5.56 Å². The maximum absolute atomic E-state index is 12.5. The Hall–Kier alpha value is -0.960. The largest absolute Gasteiger partial charge is 0.312 e. The summed E-state index contributed by atoms with van der Waals surface area (Å²) in [6, 6.07) is 8.31. The lowest BCUT2D eigenvalue weighted by Gasteiger charge is -2.26. The monoisotopic (exact) mass is 247 g/mol. The van der Waals surface area contributed by atoms with Gasteiger partial charge in [-0.25, -0.2) is 0 Å². The predicted octanol–water partition coefficient (Wildman–Crippen LogP) is 2.72. The highest BCUT2D eigenvalue weighted by molar-refractivity contribution is 7.99. The van der Waals surface area contributed by atoms with Crippen molar-refractivity contribution in [3.63, 3.8) is 0 Å². The van der Waals surface area contributed by atoms with Gasteiger partial charge in [-0.1, -0.05) is 18.2 Å². The number of fused-ring (bicyclic) bond motifs is 1. The number of benzene rings is 1. The number of rotatable bonds is 1. The fourth-order valence-electron chi connectivity index (χ4n) is 2.73. The van der Waals surface area contributed by atoms with E-state index in [9.17, 15) is 4.79 Å². The molecule has 0 unspecified atom stereocenters. The molecule has 0 bridgehead atoms. The first-order chi connectivity index (χ1) is 8.36. The molecule has 2 aliphatic rings. The SMILES string of the molecule is O=C(C1CCSCC1)N1CCc2ccccc21. The molecule has 1 amide bonds. The second-order valence-electron chi connectivity index (χ2n) is 4.76. The topological polar surface area (TPSA) is 20.3 Å². The van der Waals surface area contributed by atoms with Crippen molar-refractivity contribution in [2.45, 2.75) is 19.3 Å². The van der Waals surface area contributed by atoms with Crippen LogP contribution in [0.15, 0.2) is 24.3 Å². The van der Waals surface area contributed by atoms with E-state index >= 15 is 0 Å². The first-order valence-electron chi connectivity index (χ1n) is 6.33. The molecule has 2 heterocycles. The number of thioether (sulfide) groups is 1. The summed E-state index contributed by atoms with van der Waals surface area (Å²) in [6.07, 6.45) is 3.13. The Balaban J connectivity index is 1.79. The molecular weight excluding hydrogens is 230 g/mol. The van der Waals surface area contributed by atoms with Crippen molar-refractivity contribution in [3.05, 3.63) is 29.8 Å². The van der Waals surface area contributed by atoms with Crippen molar-refractivity contribution >= 4 is 23.4 Å². The van der Waals surface area contributed by atoms with E-state index in [1.54, 1.807) is 0 Å². The van der Waals surface area contributed by atoms with E-state index in [0.29, 0.717) is 5.91 Å². The first kappa shape index (κ1) is 11.1. The molecule has 0 saturated carbocycles. The molecule has 0 aromatic heterocycles. The summed E-state index contributed by atoms with van der Waals surface area (Å²) in [5, 5.41) is 0. The summed E-state index contributed by atoms with van der Waals surface area (Å²) in [6.45, 7) is 0.877. The molecule has 1 aromatic rings. The molecule has 3 heteroatoms. The number of anilines is 1. The van der Waals surface area contributed by atoms with Crippen LogP contribution in [-0.2, 0) is 11.2 Å². The lowest BCUT2D eigenvalue weighted by molar-refractivity contribution is -0.122. The maximum atomic E-state index is 12.5. The molecule has 0 radical (unpaired) electrons. The third kappa shape index (κ3) is 2.08. The molecule has 1 saturated heterocycles. The van der Waals surface area contributed by atoms with Crippen molar-refractivity contribution in [2.24, 2.45) is 5.92 Å². The summed E-state index contributed by atoms with van der Waals surface area (Å²) in [5.74, 6) is 2.91. The van der Waals surface area contributed by atoms with Crippen LogP contribution in [0.4, 0.5) is 5.69 Å². The summed E-state index contributed by atoms with van der Waals surface area (Å²) < 4.78 is 0. The molecule has 0 N–H and O–H groups in total. The third-order valence-corrected chi connectivity index (χ3v) is 4.77. The zero-order valence-corrected chi connectivity index (χ0v) is 10.7. The average molecular weight is 247 g/mol. The Bertz CT molecular complexity index is 426. The van der Waals surface area contributed by atoms with Crippen molar-refractivity contribution < 1.29 is 4.79 Å². The van der Waals surface area contributed by atoms with E-state index in [-0.39, 0.29) is 5.92 Å². The van der Waals surface area contributed by atoms with Gasteiger partial charge in [0.05, 0.1) is 0 Å². The Labute approximate surface area is 106 Å². The summed E-state index contributed by atoms with van der Waals surface area (Å²) in [7, 11) is 0. The van der Waals surface area contributed by atoms with Gasteiger partial charge in [0.1, 0.15) is 0 Å². The van der Waals surface area contributed by atoms with E-state index < -0.39 is 0 Å². The molecule has 2 aliphatic heterocycles. The second kappa shape index (κ2) is 4.73. The van der Waals surface area contributed by atoms with Gasteiger partial charge >= 0.3 is 0 Å². The van der Waals surface area contributed by atoms with Crippen molar-refractivity contribution in [1.29, 1.82) is 0 Å². The van der Waals surface area contributed by atoms with Crippen LogP contribution in [0.5, 0.6) is 0 Å². The summed E-state index contributed by atoms with van der Waals surface area (Å²) in [5.41, 5.74) is 2.47. The third-order valence-electron chi connectivity index (χ3n) is 3.72. The molecule has 2 nitrogen and oxygen atoms in total. The van der Waals surface area contributed by atoms with E-state index in [1.807, 2.05) is 22.7 Å². The number of hydrogen-bond donors (Lipinski definition) is 0. The van der Waals surface area contributed by atoms with Crippen LogP contribution < -0.4 is 4.90 Å². The Morgan fingerprint density at radius 2 is 2.00 bits per heavy atom. The fraction of sp³-hybridized carbons (Fsp3) is 0.500. The lowest BCUT2D eigenvalue weighted by Crippen LogP contribution is -2.36. The maximum Gasteiger partial charge on any atom is 0.230 e. The predicted molar refractivity (Wildman–Crippen MR) is 72.5 cm³/mol. The molecule has 0 atom stereocenters. The minimum Gasteiger partial charge on any atom is -0.312 e. The van der Waals surface area contributed by atoms with Gasteiger partial charge in [0.25, 0.3) is 0 Å². The van der Waals surface area contributed by atoms with Crippen LogP contribution in [0.25, 0.3) is 0 Å². The van der Waals surface area contributed by atoms with E-state index in [4.69, 9.17) is 0 Å². The van der Waals surface area contributed by atoms with Gasteiger partial charge in [-0.3, -0.25) is 4.79 Å². The van der Waals surface area contributed by atoms with Crippen LogP contribution in [0, 0.1) is 5.92 Å². The van der Waals surface area contributed by atoms with Crippen LogP contribution in [0.3, 0.4) is 0 Å². The number of carbonyl (C=O) groups excluding carboxylic acids is 1. The smallest absolute Gasteiger partial charge is 0.230 e. The van der Waals surface area contributed by atoms with Gasteiger partial charge in [0, 0.05) is 18.2 Å². The standard InChI is InChI=1S/C14H17NOS/c16-14(12-6-9-17-10-7-12)15-8-5-11-3-1-2-4-13(11)15/h1-4,12H,5-10H2. The van der Waals surface area contributed by atoms with Gasteiger partial charge in [-0.15, -0.1) is 0 Å². The van der Waals surface area contributed by atoms with Gasteiger partial charge < -0.3 is 4.90 Å². The Morgan fingerprint density at radius 3 is 2.82 bits per heavy atom. The van der Waals surface area contributed by atoms with Gasteiger partial charge in [0.2, 0.25) is 5.91 Å². The summed E-state index contributed by atoms with van der Waals surface area (Å²) in [4.78, 5) is 14.5. The zero-order valence-electron chi connectivity index (χ0n) is 9.89. The number of nitrogens with zero attached hydrogens (tertiary/aromatic N) is 1. The van der Waals surface area contributed by atoms with Crippen LogP contribution in [0.2, 0.25) is 0 Å². The first-order valence-corrected chi connectivity index (χ1v) is 7.49. The van der Waals surface area contributed by atoms with Gasteiger partial charge in [-0.05, 0) is 42.4 Å². The minimum absolute atomic E-state index is 0.266. The fourth-order valence-corrected chi connectivity index (χ4v) is 3.84. The Kier molecular flexibility index (Phi) is 3.10. The van der Waals surface area contributed by atoms with E-state index in [2.05, 4.69) is 18.2 Å². The minimum atomic E-state index is 0.266. The molecule has 1 aromatic carbocycles. The highest BCUT2D eigenvalue weighted by Gasteiger charge is 2.30. The number of carbonyl (C=O) groups is 1. The quantitative estimate of drug-likeness (QED) is 0.760. The highest BCUT2D eigenvalue weighted by atomic mass is 32.2. The average Bonchev–Trinajstić information content (AvgIpc) is 2.83. The molecular formula is C14H17NOS. The van der Waals surface area contributed by atoms with Crippen molar-refractivity contribution in [2.75, 3.05) is 23.0 Å². The molecule has 0 spiro atoms. The van der Waals surface area contributed by atoms with Gasteiger partial charge in [-0.2, -0.15) is 11.8 Å². The molecule has 90 valence electrons. The molecule has 17 heavy (non-hydrogen) atoms. The molecule has 1 fully saturated rings. The number of amides is 1. The zero-order chi connectivity index (χ0) is 11.7. The van der Waals surface area contributed by atoms with Crippen molar-refractivity contribution in [1.82, 2.24) is 0 Å². The summed E-state index contributed by atoms with van der Waals surface area (Å²) >= 11 is 1.97. The van der Waals surface area contributed by atoms with Crippen molar-refractivity contribution in [3.8, 4) is 0 Å². The van der Waals surface area contributed by atoms with Crippen LogP contribution in [0.1, 0.15) is 18.4 Å². The lowest BCUT2D eigenvalue weighted by atomic mass is 10.0. The molecule has 0 aliphatic carbocycles.